The predicted octanol–water partition coefficient (Wildman–Crippen LogP) is 3.28. The molecule has 0 aliphatic heterocycles. The van der Waals surface area contributed by atoms with Gasteiger partial charge in [-0.15, -0.1) is 0 Å². The van der Waals surface area contributed by atoms with Crippen LogP contribution in [0.15, 0.2) is 76.6 Å². The molecule has 2 aromatic heterocycles. The van der Waals surface area contributed by atoms with Gasteiger partial charge >= 0.3 is 0 Å². The van der Waals surface area contributed by atoms with Crippen molar-refractivity contribution in [2.75, 3.05) is 0 Å². The van der Waals surface area contributed by atoms with Crippen LogP contribution in [0.1, 0.15) is 27.7 Å². The van der Waals surface area contributed by atoms with E-state index in [0.717, 1.165) is 0 Å². The van der Waals surface area contributed by atoms with E-state index in [1.165, 1.54) is 0 Å². The molecule has 0 saturated heterocycles. The van der Waals surface area contributed by atoms with Gasteiger partial charge in [-0.2, -0.15) is 4.57 Å². The second kappa shape index (κ2) is 8.90. The summed E-state index contributed by atoms with van der Waals surface area (Å²) in [5.74, 6) is 0.379. The Kier molecular flexibility index (Phi) is 6.34. The third-order valence-electron chi connectivity index (χ3n) is 3.96. The molecule has 0 aliphatic rings. The van der Waals surface area contributed by atoms with Crippen molar-refractivity contribution < 1.29 is 18.9 Å². The van der Waals surface area contributed by atoms with Crippen molar-refractivity contribution >= 4 is 35.1 Å². The number of ketones is 1. The van der Waals surface area contributed by atoms with Crippen molar-refractivity contribution in [2.24, 2.45) is 4.99 Å². The van der Waals surface area contributed by atoms with Crippen molar-refractivity contribution in [1.82, 2.24) is 0 Å². The van der Waals surface area contributed by atoms with Crippen molar-refractivity contribution in [1.29, 1.82) is 0 Å². The van der Waals surface area contributed by atoms with Gasteiger partial charge in [0.05, 0.1) is 24.4 Å². The largest absolute Gasteiger partial charge is 0.758 e. The van der Waals surface area contributed by atoms with Crippen LogP contribution in [0.5, 0.6) is 0 Å². The van der Waals surface area contributed by atoms with Gasteiger partial charge in [0.2, 0.25) is 11.8 Å². The fourth-order valence-electron chi connectivity index (χ4n) is 2.63. The molecule has 7 heteroatoms. The molecule has 2 heterocycles. The highest BCUT2D eigenvalue weighted by atomic mass is 35.5. The number of nitrogens with zero attached hydrogens (tertiary/aromatic N) is 2. The molecule has 0 bridgehead atoms. The van der Waals surface area contributed by atoms with E-state index in [0.29, 0.717) is 21.9 Å². The number of rotatable bonds is 7. The normalized spacial score (nSPS) is 12.7. The van der Waals surface area contributed by atoms with E-state index in [9.17, 15) is 9.90 Å². The van der Waals surface area contributed by atoms with Crippen molar-refractivity contribution in [2.45, 2.75) is 19.2 Å². The molecule has 1 atom stereocenters. The van der Waals surface area contributed by atoms with Crippen LogP contribution in [0.2, 0.25) is 5.02 Å². The highest BCUT2D eigenvalue weighted by Crippen LogP contribution is 2.20. The van der Waals surface area contributed by atoms with Gasteiger partial charge in [-0.1, -0.05) is 23.7 Å². The maximum Gasteiger partial charge on any atom is 0.237 e. The fourth-order valence-corrected chi connectivity index (χ4v) is 3.15. The number of Topliss-reactive ketones (excluding diaryl/α,β-unsaturated/α-hetero) is 1. The number of aliphatic imine (C=N–C) groups is 1. The molecule has 27 heavy (non-hydrogen) atoms. The van der Waals surface area contributed by atoms with Gasteiger partial charge in [0.15, 0.2) is 12.4 Å². The van der Waals surface area contributed by atoms with Gasteiger partial charge in [-0.05, 0) is 35.4 Å². The molecule has 0 aliphatic carbocycles. The summed E-state index contributed by atoms with van der Waals surface area (Å²) in [5, 5.41) is 9.97. The summed E-state index contributed by atoms with van der Waals surface area (Å²) in [6, 6.07) is 13.0. The minimum atomic E-state index is -0.860. The van der Waals surface area contributed by atoms with Crippen LogP contribution in [0, 0.1) is 0 Å². The molecular weight excluding hydrogens is 384 g/mol. The van der Waals surface area contributed by atoms with Crippen LogP contribution >= 0.6 is 11.6 Å². The first-order chi connectivity index (χ1) is 13.1. The molecule has 3 aromatic rings. The van der Waals surface area contributed by atoms with E-state index in [1.54, 1.807) is 71.8 Å². The van der Waals surface area contributed by atoms with Gasteiger partial charge in [0.25, 0.3) is 0 Å². The van der Waals surface area contributed by atoms with E-state index in [-0.39, 0.29) is 24.0 Å². The highest BCUT2D eigenvalue weighted by Gasteiger charge is 2.30. The molecule has 138 valence electrons. The number of carbonyl (C=O) groups is 1. The highest BCUT2D eigenvalue weighted by molar-refractivity contribution is 7.77. The lowest BCUT2D eigenvalue weighted by atomic mass is 10.0. The van der Waals surface area contributed by atoms with Crippen LogP contribution in [0.4, 0.5) is 0 Å². The van der Waals surface area contributed by atoms with Crippen LogP contribution < -0.4 is 4.57 Å². The first-order valence-electron chi connectivity index (χ1n) is 8.23. The lowest BCUT2D eigenvalue weighted by Crippen LogP contribution is -2.48. The Morgan fingerprint density at radius 2 is 2.04 bits per heavy atom. The number of hydrogen-bond donors (Lipinski definition) is 1. The second-order valence-electron chi connectivity index (χ2n) is 5.80. The Balaban J connectivity index is 2.01. The average Bonchev–Trinajstić information content (AvgIpc) is 3.20. The molecule has 0 fully saturated rings. The van der Waals surface area contributed by atoms with Crippen LogP contribution in [0.25, 0.3) is 0 Å². The number of carbonyl (C=O) groups excluding carboxylic acids is 1. The summed E-state index contributed by atoms with van der Waals surface area (Å²) in [7, 11) is 0. The lowest BCUT2D eigenvalue weighted by Gasteiger charge is -2.19. The van der Waals surface area contributed by atoms with Gasteiger partial charge in [0, 0.05) is 17.2 Å². The molecule has 0 saturated carbocycles. The second-order valence-corrected chi connectivity index (χ2v) is 6.62. The maximum absolute atomic E-state index is 13.2. The number of furan rings is 1. The number of halogens is 1. The zero-order chi connectivity index (χ0) is 19.2. The van der Waals surface area contributed by atoms with E-state index in [4.69, 9.17) is 28.6 Å². The summed E-state index contributed by atoms with van der Waals surface area (Å²) in [4.78, 5) is 17.6. The fraction of sp³-hybridized carbons (Fsp3) is 0.150. The summed E-state index contributed by atoms with van der Waals surface area (Å²) in [6.45, 7) is 0.0858. The zero-order valence-corrected chi connectivity index (χ0v) is 15.9. The SMILES string of the molecule is O=C(c1ccccc1Cl)[C@@H](C([S-])=NCc1ccco1)[n+]1cccc(CO)c1. The third-order valence-corrected chi connectivity index (χ3v) is 4.64. The Morgan fingerprint density at radius 1 is 1.22 bits per heavy atom. The molecule has 3 rings (SSSR count). The third kappa shape index (κ3) is 4.60. The van der Waals surface area contributed by atoms with Crippen molar-refractivity contribution in [3.63, 3.8) is 0 Å². The van der Waals surface area contributed by atoms with E-state index < -0.39 is 6.04 Å². The Labute approximate surface area is 167 Å². The monoisotopic (exact) mass is 400 g/mol. The number of aliphatic hydroxyl groups excluding tert-OH is 1. The molecular formula is C20H17ClN2O3S. The van der Waals surface area contributed by atoms with E-state index in [1.807, 2.05) is 0 Å². The van der Waals surface area contributed by atoms with Crippen molar-refractivity contribution in [3.05, 3.63) is 89.1 Å². The van der Waals surface area contributed by atoms with Crippen LogP contribution in [0.3, 0.4) is 0 Å². The summed E-state index contributed by atoms with van der Waals surface area (Å²) in [5.41, 5.74) is 1.02. The number of pyridine rings is 1. The van der Waals surface area contributed by atoms with Gasteiger partial charge in [-0.25, -0.2) is 0 Å². The summed E-state index contributed by atoms with van der Waals surface area (Å²) in [6.07, 6.45) is 4.95. The van der Waals surface area contributed by atoms with Crippen molar-refractivity contribution in [3.8, 4) is 0 Å². The minimum Gasteiger partial charge on any atom is -0.758 e. The smallest absolute Gasteiger partial charge is 0.237 e. The Hall–Kier alpha value is -2.54. The first-order valence-corrected chi connectivity index (χ1v) is 9.02. The lowest BCUT2D eigenvalue weighted by molar-refractivity contribution is -0.692. The predicted molar refractivity (Wildman–Crippen MR) is 105 cm³/mol. The molecule has 0 spiro atoms. The summed E-state index contributed by atoms with van der Waals surface area (Å²) >= 11 is 11.7. The molecule has 0 amide bonds. The van der Waals surface area contributed by atoms with Crippen LogP contribution in [-0.2, 0) is 25.8 Å². The van der Waals surface area contributed by atoms with E-state index in [2.05, 4.69) is 4.99 Å². The maximum atomic E-state index is 13.2. The average molecular weight is 401 g/mol. The number of hydrogen-bond acceptors (Lipinski definition) is 5. The zero-order valence-electron chi connectivity index (χ0n) is 14.3. The van der Waals surface area contributed by atoms with Gasteiger partial charge in [-0.3, -0.25) is 4.79 Å². The summed E-state index contributed by atoms with van der Waals surface area (Å²) < 4.78 is 6.91. The van der Waals surface area contributed by atoms with Gasteiger partial charge < -0.3 is 27.1 Å². The molecule has 0 radical (unpaired) electrons. The number of aliphatic hydroxyl groups is 1. The standard InChI is InChI=1S/C20H17ClN2O3S/c21-17-8-2-1-7-16(17)19(25)18(23-9-3-5-14(12-23)13-24)20(27)22-11-15-6-4-10-26-15/h1-10,12,18,24H,11,13H2/t18-/m0/s1. The minimum absolute atomic E-state index is 0.149. The molecule has 5 nitrogen and oxygen atoms in total. The molecule has 1 N–H and O–H groups in total. The number of aromatic nitrogens is 1. The van der Waals surface area contributed by atoms with E-state index >= 15 is 0 Å². The van der Waals surface area contributed by atoms with Gasteiger partial charge in [0.1, 0.15) is 5.76 Å². The quantitative estimate of drug-likeness (QED) is 0.217. The first kappa shape index (κ1) is 19.2. The topological polar surface area (TPSA) is 66.7 Å². The Morgan fingerprint density at radius 3 is 2.74 bits per heavy atom. The Bertz CT molecular complexity index is 957. The molecule has 1 aromatic carbocycles. The van der Waals surface area contributed by atoms with Crippen LogP contribution in [-0.4, -0.2) is 15.9 Å². The number of benzene rings is 1. The molecule has 0 unspecified atom stereocenters.